The highest BCUT2D eigenvalue weighted by Crippen LogP contribution is 2.39. The first-order valence-corrected chi connectivity index (χ1v) is 6.59. The molecule has 0 bridgehead atoms. The first kappa shape index (κ1) is 10.6. The van der Waals surface area contributed by atoms with Gasteiger partial charge in [0.05, 0.1) is 12.6 Å². The first-order valence-electron chi connectivity index (χ1n) is 6.59. The lowest BCUT2D eigenvalue weighted by atomic mass is 9.97. The maximum atomic E-state index is 6.11. The minimum atomic E-state index is 0.250. The number of fused-ring (bicyclic) bond motifs is 5. The fourth-order valence-electron chi connectivity index (χ4n) is 3.15. The molecule has 19 heavy (non-hydrogen) atoms. The Labute approximate surface area is 112 Å². The van der Waals surface area contributed by atoms with E-state index in [4.69, 9.17) is 5.73 Å². The molecule has 0 spiro atoms. The Balaban J connectivity index is 1.98. The lowest BCUT2D eigenvalue weighted by Crippen LogP contribution is -2.36. The lowest BCUT2D eigenvalue weighted by Gasteiger charge is -2.26. The normalized spacial score (nSPS) is 20.1. The van der Waals surface area contributed by atoms with E-state index in [2.05, 4.69) is 58.4 Å². The molecule has 4 rings (SSSR count). The maximum absolute atomic E-state index is 6.11. The largest absolute Gasteiger partial charge is 0.369 e. The highest BCUT2D eigenvalue weighted by Gasteiger charge is 2.33. The molecule has 0 aliphatic carbocycles. The zero-order valence-corrected chi connectivity index (χ0v) is 10.6. The Morgan fingerprint density at radius 1 is 1.00 bits per heavy atom. The number of hydrogen-bond donors (Lipinski definition) is 1. The molecular weight excluding hydrogens is 234 g/mol. The van der Waals surface area contributed by atoms with Crippen LogP contribution in [0, 0.1) is 0 Å². The highest BCUT2D eigenvalue weighted by molar-refractivity contribution is 5.98. The van der Waals surface area contributed by atoms with Crippen LogP contribution in [-0.2, 0) is 6.42 Å². The van der Waals surface area contributed by atoms with Crippen molar-refractivity contribution >= 4 is 11.6 Å². The van der Waals surface area contributed by atoms with Gasteiger partial charge in [0.1, 0.15) is 0 Å². The van der Waals surface area contributed by atoms with Gasteiger partial charge in [-0.2, -0.15) is 0 Å². The summed E-state index contributed by atoms with van der Waals surface area (Å²) in [5.41, 5.74) is 11.4. The molecular formula is C16H15N3. The van der Waals surface area contributed by atoms with Crippen molar-refractivity contribution in [1.29, 1.82) is 0 Å². The fraction of sp³-hybridized carbons (Fsp3) is 0.188. The number of hydrogen-bond acceptors (Lipinski definition) is 3. The van der Waals surface area contributed by atoms with E-state index in [9.17, 15) is 0 Å². The Kier molecular flexibility index (Phi) is 2.15. The van der Waals surface area contributed by atoms with Crippen LogP contribution < -0.4 is 10.6 Å². The van der Waals surface area contributed by atoms with Gasteiger partial charge in [-0.1, -0.05) is 42.5 Å². The third-order valence-electron chi connectivity index (χ3n) is 4.03. The number of para-hydroxylation sites is 1. The highest BCUT2D eigenvalue weighted by atomic mass is 15.3. The molecule has 3 nitrogen and oxygen atoms in total. The van der Waals surface area contributed by atoms with Crippen LogP contribution in [0.2, 0.25) is 0 Å². The maximum Gasteiger partial charge on any atom is 0.196 e. The molecule has 2 aliphatic rings. The van der Waals surface area contributed by atoms with Crippen molar-refractivity contribution in [3.63, 3.8) is 0 Å². The van der Waals surface area contributed by atoms with Gasteiger partial charge in [-0.3, -0.25) is 4.99 Å². The SMILES string of the molecule is NC1=NC[C@@H]2c3ccccc3Cc3ccccc3N12. The minimum absolute atomic E-state index is 0.250. The van der Waals surface area contributed by atoms with Crippen molar-refractivity contribution < 1.29 is 0 Å². The third-order valence-corrected chi connectivity index (χ3v) is 4.03. The van der Waals surface area contributed by atoms with Crippen LogP contribution in [0.15, 0.2) is 53.5 Å². The molecule has 2 aliphatic heterocycles. The van der Waals surface area contributed by atoms with Crippen LogP contribution in [0.1, 0.15) is 22.7 Å². The summed E-state index contributed by atoms with van der Waals surface area (Å²) >= 11 is 0. The van der Waals surface area contributed by atoms with Gasteiger partial charge in [-0.15, -0.1) is 0 Å². The standard InChI is InChI=1S/C16H15N3/c17-16-18-10-15-13-7-3-1-5-11(13)9-12-6-2-4-8-14(12)19(15)16/h1-8,15H,9-10H2,(H2,17,18)/t15-/m1/s1. The number of nitrogens with zero attached hydrogens (tertiary/aromatic N) is 2. The zero-order chi connectivity index (χ0) is 12.8. The van der Waals surface area contributed by atoms with Crippen molar-refractivity contribution in [3.05, 3.63) is 65.2 Å². The molecule has 0 fully saturated rings. The molecule has 0 aromatic heterocycles. The smallest absolute Gasteiger partial charge is 0.196 e. The van der Waals surface area contributed by atoms with Gasteiger partial charge >= 0.3 is 0 Å². The fourth-order valence-corrected chi connectivity index (χ4v) is 3.15. The number of aliphatic imine (C=N–C) groups is 1. The van der Waals surface area contributed by atoms with E-state index in [0.717, 1.165) is 13.0 Å². The van der Waals surface area contributed by atoms with Gasteiger partial charge < -0.3 is 10.6 Å². The van der Waals surface area contributed by atoms with Crippen molar-refractivity contribution in [2.75, 3.05) is 11.4 Å². The molecule has 0 unspecified atom stereocenters. The quantitative estimate of drug-likeness (QED) is 0.779. The van der Waals surface area contributed by atoms with Crippen molar-refractivity contribution in [1.82, 2.24) is 0 Å². The van der Waals surface area contributed by atoms with E-state index in [1.54, 1.807) is 0 Å². The monoisotopic (exact) mass is 249 g/mol. The number of guanidine groups is 1. The Morgan fingerprint density at radius 2 is 1.74 bits per heavy atom. The van der Waals surface area contributed by atoms with E-state index in [-0.39, 0.29) is 6.04 Å². The molecule has 2 aromatic carbocycles. The van der Waals surface area contributed by atoms with E-state index >= 15 is 0 Å². The molecule has 0 amide bonds. The van der Waals surface area contributed by atoms with Crippen molar-refractivity contribution in [3.8, 4) is 0 Å². The van der Waals surface area contributed by atoms with Crippen LogP contribution in [0.25, 0.3) is 0 Å². The Morgan fingerprint density at radius 3 is 2.63 bits per heavy atom. The molecule has 2 heterocycles. The molecule has 0 saturated heterocycles. The predicted octanol–water partition coefficient (Wildman–Crippen LogP) is 2.47. The van der Waals surface area contributed by atoms with Crippen molar-refractivity contribution in [2.45, 2.75) is 12.5 Å². The number of benzene rings is 2. The molecule has 2 N–H and O–H groups in total. The van der Waals surface area contributed by atoms with Crippen molar-refractivity contribution in [2.24, 2.45) is 10.7 Å². The average Bonchev–Trinajstić information content (AvgIpc) is 2.75. The third kappa shape index (κ3) is 1.48. The van der Waals surface area contributed by atoms with Crippen LogP contribution >= 0.6 is 0 Å². The second kappa shape index (κ2) is 3.85. The summed E-state index contributed by atoms with van der Waals surface area (Å²) in [6.07, 6.45) is 0.965. The molecule has 1 atom stereocenters. The van der Waals surface area contributed by atoms with Crippen LogP contribution in [-0.4, -0.2) is 12.5 Å². The minimum Gasteiger partial charge on any atom is -0.369 e. The topological polar surface area (TPSA) is 41.6 Å². The van der Waals surface area contributed by atoms with Gasteiger partial charge in [0.25, 0.3) is 0 Å². The van der Waals surface area contributed by atoms with Crippen LogP contribution in [0.4, 0.5) is 5.69 Å². The number of rotatable bonds is 0. The number of anilines is 1. The average molecular weight is 249 g/mol. The van der Waals surface area contributed by atoms with E-state index in [1.807, 2.05) is 0 Å². The van der Waals surface area contributed by atoms with Gasteiger partial charge in [-0.25, -0.2) is 0 Å². The van der Waals surface area contributed by atoms with E-state index in [1.165, 1.54) is 22.4 Å². The molecule has 2 aromatic rings. The van der Waals surface area contributed by atoms with E-state index < -0.39 is 0 Å². The zero-order valence-electron chi connectivity index (χ0n) is 10.6. The Bertz CT molecular complexity index is 675. The van der Waals surface area contributed by atoms with E-state index in [0.29, 0.717) is 5.96 Å². The molecule has 94 valence electrons. The van der Waals surface area contributed by atoms with Gasteiger partial charge in [0, 0.05) is 5.69 Å². The van der Waals surface area contributed by atoms with Gasteiger partial charge in [0.15, 0.2) is 5.96 Å². The summed E-state index contributed by atoms with van der Waals surface area (Å²) in [5, 5.41) is 0. The van der Waals surface area contributed by atoms with Gasteiger partial charge in [0.2, 0.25) is 0 Å². The summed E-state index contributed by atoms with van der Waals surface area (Å²) < 4.78 is 0. The first-order chi connectivity index (χ1) is 9.34. The number of nitrogens with two attached hydrogens (primary N) is 1. The lowest BCUT2D eigenvalue weighted by molar-refractivity contribution is 0.768. The Hall–Kier alpha value is -2.29. The molecule has 3 heteroatoms. The van der Waals surface area contributed by atoms with Gasteiger partial charge in [-0.05, 0) is 29.2 Å². The summed E-state index contributed by atoms with van der Waals surface area (Å²) in [5.74, 6) is 0.633. The summed E-state index contributed by atoms with van der Waals surface area (Å²) in [4.78, 5) is 6.62. The summed E-state index contributed by atoms with van der Waals surface area (Å²) in [6, 6.07) is 17.3. The summed E-state index contributed by atoms with van der Waals surface area (Å²) in [7, 11) is 0. The molecule has 0 radical (unpaired) electrons. The molecule has 0 saturated carbocycles. The van der Waals surface area contributed by atoms with Crippen LogP contribution in [0.5, 0.6) is 0 Å². The second-order valence-electron chi connectivity index (χ2n) is 5.09. The van der Waals surface area contributed by atoms with Crippen LogP contribution in [0.3, 0.4) is 0 Å². The second-order valence-corrected chi connectivity index (χ2v) is 5.09. The summed E-state index contributed by atoms with van der Waals surface area (Å²) in [6.45, 7) is 0.747. The predicted molar refractivity (Wildman–Crippen MR) is 77.4 cm³/mol.